The molecule has 0 aliphatic carbocycles. The van der Waals surface area contributed by atoms with E-state index >= 15 is 0 Å². The van der Waals surface area contributed by atoms with E-state index in [0.717, 1.165) is 0 Å². The minimum atomic E-state index is -0.537. The number of hydrogen-bond donors (Lipinski definition) is 0. The summed E-state index contributed by atoms with van der Waals surface area (Å²) < 4.78 is 19.2. The van der Waals surface area contributed by atoms with E-state index in [1.54, 1.807) is 43.3 Å². The second-order valence-corrected chi connectivity index (χ2v) is 6.12. The van der Waals surface area contributed by atoms with Crippen molar-refractivity contribution in [1.82, 2.24) is 0 Å². The maximum absolute atomic E-state index is 13.6. The van der Waals surface area contributed by atoms with Crippen molar-refractivity contribution < 1.29 is 18.8 Å². The Balaban J connectivity index is 1.84. The highest BCUT2D eigenvalue weighted by Crippen LogP contribution is 2.35. The van der Waals surface area contributed by atoms with Crippen LogP contribution >= 0.6 is 23.2 Å². The first-order valence-electron chi connectivity index (χ1n) is 7.29. The SMILES string of the molecule is CC1=NOC(=O)/C1=C\c1cc(Cl)c(OCc2ccccc2F)c(Cl)c1. The molecule has 0 saturated carbocycles. The Morgan fingerprint density at radius 3 is 2.52 bits per heavy atom. The van der Waals surface area contributed by atoms with Crippen LogP contribution in [0.4, 0.5) is 4.39 Å². The molecule has 0 fully saturated rings. The predicted molar refractivity (Wildman–Crippen MR) is 94.4 cm³/mol. The zero-order chi connectivity index (χ0) is 18.0. The Labute approximate surface area is 153 Å². The van der Waals surface area contributed by atoms with E-state index in [9.17, 15) is 9.18 Å². The summed E-state index contributed by atoms with van der Waals surface area (Å²) in [5, 5.41) is 4.09. The van der Waals surface area contributed by atoms with Gasteiger partial charge in [-0.1, -0.05) is 46.6 Å². The molecule has 0 aromatic heterocycles. The third kappa shape index (κ3) is 3.83. The van der Waals surface area contributed by atoms with Gasteiger partial charge in [-0.15, -0.1) is 0 Å². The summed E-state index contributed by atoms with van der Waals surface area (Å²) in [7, 11) is 0. The molecule has 0 radical (unpaired) electrons. The summed E-state index contributed by atoms with van der Waals surface area (Å²) in [6, 6.07) is 9.46. The summed E-state index contributed by atoms with van der Waals surface area (Å²) in [6.45, 7) is 1.65. The lowest BCUT2D eigenvalue weighted by Crippen LogP contribution is -2.02. The third-order valence-electron chi connectivity index (χ3n) is 3.54. The van der Waals surface area contributed by atoms with E-state index in [4.69, 9.17) is 27.9 Å². The van der Waals surface area contributed by atoms with E-state index < -0.39 is 5.97 Å². The Bertz CT molecular complexity index is 886. The number of carbonyl (C=O) groups is 1. The molecule has 1 aliphatic heterocycles. The highest BCUT2D eigenvalue weighted by atomic mass is 35.5. The normalized spacial score (nSPS) is 15.3. The summed E-state index contributed by atoms with van der Waals surface area (Å²) >= 11 is 12.4. The molecule has 0 bridgehead atoms. The highest BCUT2D eigenvalue weighted by molar-refractivity contribution is 6.37. The number of benzene rings is 2. The van der Waals surface area contributed by atoms with Crippen LogP contribution in [0.3, 0.4) is 0 Å². The molecule has 0 saturated heterocycles. The average Bonchev–Trinajstić information content (AvgIpc) is 2.87. The van der Waals surface area contributed by atoms with Crippen molar-refractivity contribution in [3.8, 4) is 5.75 Å². The van der Waals surface area contributed by atoms with Crippen LogP contribution in [0.5, 0.6) is 5.75 Å². The van der Waals surface area contributed by atoms with Crippen LogP contribution in [0.1, 0.15) is 18.1 Å². The van der Waals surface area contributed by atoms with E-state index in [1.165, 1.54) is 6.07 Å². The van der Waals surface area contributed by atoms with Crippen molar-refractivity contribution >= 4 is 41.0 Å². The average molecular weight is 380 g/mol. The molecule has 4 nitrogen and oxygen atoms in total. The van der Waals surface area contributed by atoms with Gasteiger partial charge < -0.3 is 9.57 Å². The topological polar surface area (TPSA) is 47.9 Å². The minimum absolute atomic E-state index is 0.00928. The van der Waals surface area contributed by atoms with Gasteiger partial charge in [0.25, 0.3) is 0 Å². The van der Waals surface area contributed by atoms with Crippen LogP contribution in [0, 0.1) is 5.82 Å². The molecule has 7 heteroatoms. The number of hydrogen-bond acceptors (Lipinski definition) is 4. The first-order valence-corrected chi connectivity index (χ1v) is 8.04. The van der Waals surface area contributed by atoms with Crippen LogP contribution in [0.2, 0.25) is 10.0 Å². The zero-order valence-corrected chi connectivity index (χ0v) is 14.6. The molecule has 25 heavy (non-hydrogen) atoms. The van der Waals surface area contributed by atoms with Crippen molar-refractivity contribution in [3.63, 3.8) is 0 Å². The summed E-state index contributed by atoms with van der Waals surface area (Å²) in [5.74, 6) is -0.664. The summed E-state index contributed by atoms with van der Waals surface area (Å²) in [5.41, 5.74) is 1.78. The van der Waals surface area contributed by atoms with E-state index in [0.29, 0.717) is 22.4 Å². The smallest absolute Gasteiger partial charge is 0.367 e. The lowest BCUT2D eigenvalue weighted by atomic mass is 10.1. The Kier molecular flexibility index (Phi) is 5.06. The first kappa shape index (κ1) is 17.5. The van der Waals surface area contributed by atoms with Gasteiger partial charge in [0.1, 0.15) is 12.4 Å². The van der Waals surface area contributed by atoms with E-state index in [2.05, 4.69) is 9.99 Å². The molecule has 128 valence electrons. The van der Waals surface area contributed by atoms with Gasteiger partial charge in [0.05, 0.1) is 21.3 Å². The number of carbonyl (C=O) groups excluding carboxylic acids is 1. The standard InChI is InChI=1S/C18H12Cl2FNO3/c1-10-13(18(23)25-22-10)6-11-7-14(19)17(15(20)8-11)24-9-12-4-2-3-5-16(12)21/h2-8H,9H2,1H3/b13-6-. The van der Waals surface area contributed by atoms with Gasteiger partial charge in [-0.05, 0) is 36.8 Å². The van der Waals surface area contributed by atoms with E-state index in [-0.39, 0.29) is 28.2 Å². The summed E-state index contributed by atoms with van der Waals surface area (Å²) in [6.07, 6.45) is 1.58. The lowest BCUT2D eigenvalue weighted by molar-refractivity contribution is -0.136. The number of ether oxygens (including phenoxy) is 1. The van der Waals surface area contributed by atoms with Gasteiger partial charge >= 0.3 is 5.97 Å². The fourth-order valence-corrected chi connectivity index (χ4v) is 2.87. The molecule has 3 rings (SSSR count). The number of nitrogens with zero attached hydrogens (tertiary/aromatic N) is 1. The molecule has 2 aromatic carbocycles. The number of halogens is 3. The molecular weight excluding hydrogens is 368 g/mol. The minimum Gasteiger partial charge on any atom is -0.486 e. The summed E-state index contributed by atoms with van der Waals surface area (Å²) in [4.78, 5) is 16.2. The molecule has 2 aromatic rings. The maximum atomic E-state index is 13.6. The second-order valence-electron chi connectivity index (χ2n) is 5.31. The molecule has 1 aliphatic rings. The Hall–Kier alpha value is -2.37. The Morgan fingerprint density at radius 1 is 1.24 bits per heavy atom. The largest absolute Gasteiger partial charge is 0.486 e. The Morgan fingerprint density at radius 2 is 1.92 bits per heavy atom. The maximum Gasteiger partial charge on any atom is 0.367 e. The molecule has 0 amide bonds. The van der Waals surface area contributed by atoms with Crippen LogP contribution in [0.15, 0.2) is 47.1 Å². The van der Waals surface area contributed by atoms with Crippen LogP contribution in [0.25, 0.3) is 6.08 Å². The number of oxime groups is 1. The van der Waals surface area contributed by atoms with Gasteiger partial charge in [0, 0.05) is 5.56 Å². The quantitative estimate of drug-likeness (QED) is 0.552. The zero-order valence-electron chi connectivity index (χ0n) is 13.1. The molecule has 0 unspecified atom stereocenters. The molecule has 0 atom stereocenters. The molecule has 0 N–H and O–H groups in total. The van der Waals surface area contributed by atoms with Gasteiger partial charge in [-0.3, -0.25) is 0 Å². The van der Waals surface area contributed by atoms with Crippen LogP contribution in [-0.2, 0) is 16.2 Å². The fraction of sp³-hybridized carbons (Fsp3) is 0.111. The van der Waals surface area contributed by atoms with Gasteiger partial charge in [0.15, 0.2) is 5.75 Å². The van der Waals surface area contributed by atoms with Gasteiger partial charge in [-0.25, -0.2) is 9.18 Å². The molecule has 1 heterocycles. The third-order valence-corrected chi connectivity index (χ3v) is 4.10. The first-order chi connectivity index (χ1) is 12.0. The van der Waals surface area contributed by atoms with Crippen LogP contribution in [-0.4, -0.2) is 11.7 Å². The van der Waals surface area contributed by atoms with Crippen molar-refractivity contribution in [1.29, 1.82) is 0 Å². The van der Waals surface area contributed by atoms with Crippen molar-refractivity contribution in [3.05, 3.63) is 69.0 Å². The van der Waals surface area contributed by atoms with Crippen molar-refractivity contribution in [2.75, 3.05) is 0 Å². The van der Waals surface area contributed by atoms with Gasteiger partial charge in [-0.2, -0.15) is 0 Å². The fourth-order valence-electron chi connectivity index (χ4n) is 2.25. The highest BCUT2D eigenvalue weighted by Gasteiger charge is 2.22. The van der Waals surface area contributed by atoms with Crippen molar-refractivity contribution in [2.45, 2.75) is 13.5 Å². The monoisotopic (exact) mass is 379 g/mol. The van der Waals surface area contributed by atoms with E-state index in [1.807, 2.05) is 0 Å². The van der Waals surface area contributed by atoms with Gasteiger partial charge in [0.2, 0.25) is 0 Å². The molecular formula is C18H12Cl2FNO3. The van der Waals surface area contributed by atoms with Crippen molar-refractivity contribution in [2.24, 2.45) is 5.16 Å². The lowest BCUT2D eigenvalue weighted by Gasteiger charge is -2.11. The van der Waals surface area contributed by atoms with Crippen LogP contribution < -0.4 is 4.74 Å². The molecule has 0 spiro atoms. The second kappa shape index (κ2) is 7.25. The predicted octanol–water partition coefficient (Wildman–Crippen LogP) is 5.03. The number of rotatable bonds is 4.